The van der Waals surface area contributed by atoms with Gasteiger partial charge in [-0.25, -0.2) is 37.2 Å². The Morgan fingerprint density at radius 2 is 1.65 bits per heavy atom. The fraction of sp³-hybridized carbons (Fsp3) is 0.303. The summed E-state index contributed by atoms with van der Waals surface area (Å²) in [5, 5.41) is 56.1. The van der Waals surface area contributed by atoms with Crippen LogP contribution in [0.1, 0.15) is 40.4 Å². The Bertz CT molecular complexity index is 2090. The summed E-state index contributed by atoms with van der Waals surface area (Å²) in [5.41, 5.74) is -1.56. The van der Waals surface area contributed by atoms with Gasteiger partial charge in [-0.2, -0.15) is 0 Å². The molecule has 6 rings (SSSR count). The summed E-state index contributed by atoms with van der Waals surface area (Å²) in [5.74, 6) is -11.3. The summed E-state index contributed by atoms with van der Waals surface area (Å²) in [4.78, 5) is 68.8. The minimum absolute atomic E-state index is 0.0494. The molecule has 0 radical (unpaired) electrons. The van der Waals surface area contributed by atoms with Crippen molar-refractivity contribution >= 4 is 54.4 Å². The quantitative estimate of drug-likeness (QED) is 0.128. The van der Waals surface area contributed by atoms with E-state index >= 15 is 0 Å². The number of benzene rings is 3. The summed E-state index contributed by atoms with van der Waals surface area (Å²) >= 11 is 6.18. The van der Waals surface area contributed by atoms with E-state index in [1.54, 1.807) is 0 Å². The molecule has 7 amide bonds. The standard InChI is InChI=1S/C33H31BClF3N6O11/c35-23-16(13-18(37)26(46)27(23)47)25(29(48)40-21-12-14-4-5-17(36)22(30(49)50)28(14)55-34(21)54)41-32(52)44-11-10-43(33(44)53)15-6-8-42(9-7-15)31(51)39-19-2-1-3-20(45)24(19)38/h1-5,13,15,21,25,45-47,54H,6-12H2,(H,39,51)(H,40,48)(H,41,52)(H,49,50)/t21-,25+/m0/s1. The van der Waals surface area contributed by atoms with Crippen molar-refractivity contribution in [3.8, 4) is 23.0 Å². The number of carboxylic acids is 1. The van der Waals surface area contributed by atoms with Gasteiger partial charge in [-0.05, 0) is 49.1 Å². The lowest BCUT2D eigenvalue weighted by atomic mass is 9.72. The molecule has 3 aromatic carbocycles. The molecule has 0 spiro atoms. The smallest absolute Gasteiger partial charge is 0.534 e. The van der Waals surface area contributed by atoms with Gasteiger partial charge in [0.25, 0.3) is 0 Å². The lowest BCUT2D eigenvalue weighted by molar-refractivity contribution is -0.123. The van der Waals surface area contributed by atoms with Gasteiger partial charge in [0.2, 0.25) is 5.91 Å². The predicted molar refractivity (Wildman–Crippen MR) is 184 cm³/mol. The zero-order valence-electron chi connectivity index (χ0n) is 28.3. The number of anilines is 1. The highest BCUT2D eigenvalue weighted by Crippen LogP contribution is 2.41. The normalized spacial score (nSPS) is 17.7. The number of rotatable bonds is 7. The first kappa shape index (κ1) is 38.6. The molecular weight excluding hydrogens is 760 g/mol. The van der Waals surface area contributed by atoms with Crippen molar-refractivity contribution in [2.24, 2.45) is 0 Å². The number of urea groups is 3. The number of hydrogen-bond donors (Lipinski definition) is 8. The molecule has 0 bridgehead atoms. The number of phenolic OH excluding ortho intramolecular Hbond substituents is 3. The molecule has 0 saturated carbocycles. The monoisotopic (exact) mass is 790 g/mol. The maximum Gasteiger partial charge on any atom is 0.547 e. The first-order valence-corrected chi connectivity index (χ1v) is 17.0. The fourth-order valence-corrected chi connectivity index (χ4v) is 6.87. The molecule has 0 aliphatic carbocycles. The van der Waals surface area contributed by atoms with E-state index in [0.29, 0.717) is 6.07 Å². The molecule has 8 N–H and O–H groups in total. The fourth-order valence-electron chi connectivity index (χ4n) is 6.62. The van der Waals surface area contributed by atoms with Crippen LogP contribution in [0.3, 0.4) is 0 Å². The third-order valence-corrected chi connectivity index (χ3v) is 9.88. The molecule has 2 atom stereocenters. The van der Waals surface area contributed by atoms with Gasteiger partial charge < -0.3 is 55.9 Å². The number of phenols is 3. The molecule has 17 nitrogen and oxygen atoms in total. The van der Waals surface area contributed by atoms with E-state index in [0.717, 1.165) is 17.0 Å². The topological polar surface area (TPSA) is 242 Å². The van der Waals surface area contributed by atoms with Gasteiger partial charge >= 0.3 is 31.2 Å². The zero-order valence-corrected chi connectivity index (χ0v) is 29.0. The average molecular weight is 791 g/mol. The number of carbonyl (C=O) groups excluding carboxylic acids is 4. The molecular formula is C33H31BClF3N6O11. The highest BCUT2D eigenvalue weighted by atomic mass is 35.5. The Kier molecular flexibility index (Phi) is 10.8. The second-order valence-electron chi connectivity index (χ2n) is 12.8. The van der Waals surface area contributed by atoms with Gasteiger partial charge in [0.1, 0.15) is 23.2 Å². The van der Waals surface area contributed by atoms with Crippen LogP contribution in [0.4, 0.5) is 33.2 Å². The second kappa shape index (κ2) is 15.3. The third-order valence-electron chi connectivity index (χ3n) is 9.49. The van der Waals surface area contributed by atoms with E-state index in [9.17, 15) is 62.6 Å². The number of nitrogens with one attached hydrogen (secondary N) is 3. The van der Waals surface area contributed by atoms with Crippen LogP contribution in [0.2, 0.25) is 5.02 Å². The van der Waals surface area contributed by atoms with Crippen LogP contribution in [0.5, 0.6) is 23.0 Å². The van der Waals surface area contributed by atoms with Crippen molar-refractivity contribution in [2.45, 2.75) is 37.3 Å². The van der Waals surface area contributed by atoms with E-state index in [1.165, 1.54) is 28.0 Å². The summed E-state index contributed by atoms with van der Waals surface area (Å²) in [6.07, 6.45) is 0.248. The number of aromatic hydroxyl groups is 3. The van der Waals surface area contributed by atoms with Crippen LogP contribution < -0.4 is 20.6 Å². The molecule has 55 heavy (non-hydrogen) atoms. The van der Waals surface area contributed by atoms with E-state index in [-0.39, 0.29) is 56.7 Å². The van der Waals surface area contributed by atoms with Crippen molar-refractivity contribution in [1.82, 2.24) is 25.3 Å². The number of amides is 7. The van der Waals surface area contributed by atoms with Crippen LogP contribution in [-0.4, -0.2) is 115 Å². The maximum atomic E-state index is 14.7. The number of nitrogens with zero attached hydrogens (tertiary/aromatic N) is 3. The Hall–Kier alpha value is -6.09. The van der Waals surface area contributed by atoms with E-state index in [1.807, 2.05) is 0 Å². The predicted octanol–water partition coefficient (Wildman–Crippen LogP) is 2.90. The Morgan fingerprint density at radius 3 is 2.35 bits per heavy atom. The van der Waals surface area contributed by atoms with Gasteiger partial charge in [-0.3, -0.25) is 4.79 Å². The van der Waals surface area contributed by atoms with Crippen molar-refractivity contribution in [3.63, 3.8) is 0 Å². The van der Waals surface area contributed by atoms with Gasteiger partial charge in [0.05, 0.1) is 16.7 Å². The summed E-state index contributed by atoms with van der Waals surface area (Å²) in [7, 11) is -1.95. The number of carboxylic acid groups (broad SMARTS) is 1. The zero-order chi connectivity index (χ0) is 39.9. The van der Waals surface area contributed by atoms with Crippen LogP contribution in [0.25, 0.3) is 0 Å². The molecule has 3 heterocycles. The molecule has 2 fully saturated rings. The number of likely N-dealkylation sites (tertiary alicyclic amines) is 1. The third kappa shape index (κ3) is 7.52. The lowest BCUT2D eigenvalue weighted by Gasteiger charge is -2.36. The average Bonchev–Trinajstić information content (AvgIpc) is 3.54. The van der Waals surface area contributed by atoms with E-state index in [2.05, 4.69) is 16.0 Å². The minimum atomic E-state index is -1.99. The number of fused-ring (bicyclic) bond motifs is 1. The molecule has 3 aliphatic rings. The van der Waals surface area contributed by atoms with Crippen molar-refractivity contribution < 1.29 is 67.2 Å². The van der Waals surface area contributed by atoms with Crippen molar-refractivity contribution in [3.05, 3.63) is 75.6 Å². The number of aromatic carboxylic acids is 1. The van der Waals surface area contributed by atoms with Gasteiger partial charge in [-0.15, -0.1) is 0 Å². The molecule has 3 aromatic rings. The second-order valence-corrected chi connectivity index (χ2v) is 13.2. The Balaban J connectivity index is 1.15. The van der Waals surface area contributed by atoms with Gasteiger partial charge in [-0.1, -0.05) is 23.7 Å². The molecule has 3 aliphatic heterocycles. The van der Waals surface area contributed by atoms with Crippen LogP contribution in [-0.2, 0) is 11.2 Å². The van der Waals surface area contributed by atoms with E-state index in [4.69, 9.17) is 16.3 Å². The van der Waals surface area contributed by atoms with Crippen molar-refractivity contribution in [1.29, 1.82) is 0 Å². The van der Waals surface area contributed by atoms with Crippen LogP contribution in [0.15, 0.2) is 36.4 Å². The summed E-state index contributed by atoms with van der Waals surface area (Å²) in [6.45, 7) is 0.177. The first-order chi connectivity index (χ1) is 26.1. The first-order valence-electron chi connectivity index (χ1n) is 16.6. The molecule has 0 unspecified atom stereocenters. The van der Waals surface area contributed by atoms with Crippen LogP contribution >= 0.6 is 11.6 Å². The summed E-state index contributed by atoms with van der Waals surface area (Å²) in [6, 6.07) is 1.35. The number of imide groups is 1. The van der Waals surface area contributed by atoms with Gasteiger partial charge in [0.15, 0.2) is 28.9 Å². The maximum absolute atomic E-state index is 14.7. The Morgan fingerprint density at radius 1 is 0.945 bits per heavy atom. The Labute approximate surface area is 314 Å². The molecule has 2 saturated heterocycles. The highest BCUT2D eigenvalue weighted by Gasteiger charge is 2.43. The van der Waals surface area contributed by atoms with Gasteiger partial charge in [0, 0.05) is 37.8 Å². The lowest BCUT2D eigenvalue weighted by Crippen LogP contribution is -2.56. The summed E-state index contributed by atoms with van der Waals surface area (Å²) < 4.78 is 48.3. The number of carbonyl (C=O) groups is 5. The minimum Gasteiger partial charge on any atom is -0.534 e. The highest BCUT2D eigenvalue weighted by molar-refractivity contribution is 6.47. The van der Waals surface area contributed by atoms with Crippen LogP contribution in [0, 0.1) is 17.5 Å². The number of halogens is 4. The molecule has 0 aromatic heterocycles. The SMILES string of the molecule is O=C(O)c1c(F)ccc2c1OB(O)[C@@H](NC(=O)[C@H](NC(=O)N1CCN(C3CCN(C(=O)Nc4cccc(O)c4F)CC3)C1=O)c1cc(F)c(O)c(O)c1Cl)C2. The van der Waals surface area contributed by atoms with E-state index < -0.39 is 112 Å². The molecule has 290 valence electrons. The number of hydrogen-bond acceptors (Lipinski definition) is 10. The largest absolute Gasteiger partial charge is 0.547 e. The number of piperidine rings is 1. The molecule has 22 heteroatoms. The van der Waals surface area contributed by atoms with Crippen molar-refractivity contribution in [2.75, 3.05) is 31.5 Å².